The van der Waals surface area contributed by atoms with Crippen molar-refractivity contribution in [1.82, 2.24) is 10.1 Å². The van der Waals surface area contributed by atoms with Crippen LogP contribution in [0.3, 0.4) is 0 Å². The molecule has 1 aliphatic heterocycles. The number of aliphatic hydroxyl groups is 2. The third kappa shape index (κ3) is 5.27. The number of benzene rings is 2. The highest BCUT2D eigenvalue weighted by atomic mass is 16.5. The van der Waals surface area contributed by atoms with E-state index in [1.807, 2.05) is 60.7 Å². The summed E-state index contributed by atoms with van der Waals surface area (Å²) in [5.41, 5.74) is 2.27. The summed E-state index contributed by atoms with van der Waals surface area (Å²) in [6.07, 6.45) is 1.88. The zero-order valence-electron chi connectivity index (χ0n) is 17.0. The number of hydrogen-bond acceptors (Lipinski definition) is 6. The van der Waals surface area contributed by atoms with Gasteiger partial charge in [0.2, 0.25) is 0 Å². The molecule has 1 saturated heterocycles. The van der Waals surface area contributed by atoms with Gasteiger partial charge >= 0.3 is 0 Å². The minimum atomic E-state index is -0.758. The third-order valence-corrected chi connectivity index (χ3v) is 5.61. The molecule has 0 spiro atoms. The van der Waals surface area contributed by atoms with Crippen molar-refractivity contribution in [2.75, 3.05) is 26.3 Å². The van der Waals surface area contributed by atoms with Gasteiger partial charge in [-0.3, -0.25) is 4.90 Å². The highest BCUT2D eigenvalue weighted by molar-refractivity contribution is 5.58. The maximum Gasteiger partial charge on any atom is 0.140 e. The van der Waals surface area contributed by atoms with Crippen molar-refractivity contribution in [2.45, 2.75) is 31.4 Å². The second-order valence-corrected chi connectivity index (χ2v) is 7.94. The maximum atomic E-state index is 11.1. The lowest BCUT2D eigenvalue weighted by Gasteiger charge is -2.37. The van der Waals surface area contributed by atoms with Crippen molar-refractivity contribution < 1.29 is 19.5 Å². The molecule has 0 saturated carbocycles. The average Bonchev–Trinajstić information content (AvgIpc) is 3.24. The Hall–Kier alpha value is -2.67. The number of nitrogens with zero attached hydrogens (tertiary/aromatic N) is 2. The molecule has 3 aromatic rings. The Labute approximate surface area is 176 Å². The summed E-state index contributed by atoms with van der Waals surface area (Å²) in [5.74, 6) is 1.49. The molecule has 0 amide bonds. The Balaban J connectivity index is 1.29. The van der Waals surface area contributed by atoms with E-state index in [4.69, 9.17) is 14.4 Å². The first-order chi connectivity index (χ1) is 14.6. The van der Waals surface area contributed by atoms with Gasteiger partial charge in [0.05, 0.1) is 12.2 Å². The molecule has 30 heavy (non-hydrogen) atoms. The van der Waals surface area contributed by atoms with Crippen LogP contribution in [0.25, 0.3) is 11.3 Å². The number of hydrogen-bond donors (Lipinski definition) is 2. The normalized spacial score (nSPS) is 16.5. The third-order valence-electron chi connectivity index (χ3n) is 5.61. The number of likely N-dealkylation sites (tertiary alicyclic amines) is 1. The van der Waals surface area contributed by atoms with Crippen LogP contribution in [0.5, 0.6) is 5.75 Å². The summed E-state index contributed by atoms with van der Waals surface area (Å²) in [6, 6.07) is 19.8. The van der Waals surface area contributed by atoms with Crippen LogP contribution >= 0.6 is 0 Å². The van der Waals surface area contributed by atoms with Gasteiger partial charge in [-0.25, -0.2) is 0 Å². The standard InChI is InChI=1S/C24H28N2O4/c27-14-15-29-21-8-6-19(7-9-21)18-26-12-10-24(28,11-13-26)17-22-16-23(25-30-22)20-4-2-1-3-5-20/h1-9,16,27-28H,10-15,17-18H2. The van der Waals surface area contributed by atoms with Gasteiger partial charge in [-0.1, -0.05) is 47.6 Å². The average molecular weight is 408 g/mol. The molecule has 6 heteroatoms. The van der Waals surface area contributed by atoms with Crippen LogP contribution in [-0.4, -0.2) is 52.2 Å². The minimum Gasteiger partial charge on any atom is -0.491 e. The number of aromatic nitrogens is 1. The SMILES string of the molecule is OCCOc1ccc(CN2CCC(O)(Cc3cc(-c4ccccc4)no3)CC2)cc1. The predicted molar refractivity (Wildman–Crippen MR) is 114 cm³/mol. The van der Waals surface area contributed by atoms with Gasteiger partial charge in [0.15, 0.2) is 0 Å². The van der Waals surface area contributed by atoms with Gasteiger partial charge in [-0.15, -0.1) is 0 Å². The van der Waals surface area contributed by atoms with Crippen LogP contribution in [0, 0.1) is 0 Å². The molecule has 0 unspecified atom stereocenters. The molecule has 0 bridgehead atoms. The lowest BCUT2D eigenvalue weighted by molar-refractivity contribution is -0.0265. The molecule has 2 aromatic carbocycles. The van der Waals surface area contributed by atoms with E-state index >= 15 is 0 Å². The Kier molecular flexibility index (Phi) is 6.47. The summed E-state index contributed by atoms with van der Waals surface area (Å²) in [6.45, 7) is 2.83. The Morgan fingerprint density at radius 3 is 2.47 bits per heavy atom. The molecule has 1 fully saturated rings. The highest BCUT2D eigenvalue weighted by Crippen LogP contribution is 2.29. The topological polar surface area (TPSA) is 79.0 Å². The van der Waals surface area contributed by atoms with E-state index in [2.05, 4.69) is 10.1 Å². The largest absolute Gasteiger partial charge is 0.491 e. The number of piperidine rings is 1. The quantitative estimate of drug-likeness (QED) is 0.596. The summed E-state index contributed by atoms with van der Waals surface area (Å²) >= 11 is 0. The van der Waals surface area contributed by atoms with Crippen LogP contribution in [0.1, 0.15) is 24.2 Å². The summed E-state index contributed by atoms with van der Waals surface area (Å²) in [5, 5.41) is 24.0. The van der Waals surface area contributed by atoms with Crippen LogP contribution in [0.15, 0.2) is 65.2 Å². The second-order valence-electron chi connectivity index (χ2n) is 7.94. The molecular formula is C24H28N2O4. The van der Waals surface area contributed by atoms with Crippen molar-refractivity contribution in [3.63, 3.8) is 0 Å². The van der Waals surface area contributed by atoms with Crippen molar-refractivity contribution in [2.24, 2.45) is 0 Å². The fourth-order valence-electron chi connectivity index (χ4n) is 3.88. The molecule has 1 aliphatic rings. The van der Waals surface area contributed by atoms with Gasteiger partial charge in [-0.05, 0) is 30.5 Å². The van der Waals surface area contributed by atoms with Gasteiger partial charge < -0.3 is 19.5 Å². The fraction of sp³-hybridized carbons (Fsp3) is 0.375. The molecule has 0 radical (unpaired) electrons. The molecule has 0 atom stereocenters. The van der Waals surface area contributed by atoms with Crippen LogP contribution < -0.4 is 4.74 Å². The Morgan fingerprint density at radius 2 is 1.77 bits per heavy atom. The van der Waals surface area contributed by atoms with Crippen molar-refractivity contribution in [3.8, 4) is 17.0 Å². The number of aliphatic hydroxyl groups excluding tert-OH is 1. The number of rotatable bonds is 8. The second kappa shape index (κ2) is 9.43. The van der Waals surface area contributed by atoms with Crippen molar-refractivity contribution >= 4 is 0 Å². The fourth-order valence-corrected chi connectivity index (χ4v) is 3.88. The summed E-state index contributed by atoms with van der Waals surface area (Å²) in [7, 11) is 0. The highest BCUT2D eigenvalue weighted by Gasteiger charge is 2.33. The Bertz CT molecular complexity index is 916. The molecular weight excluding hydrogens is 380 g/mol. The molecule has 2 heterocycles. The smallest absolute Gasteiger partial charge is 0.140 e. The predicted octanol–water partition coefficient (Wildman–Crippen LogP) is 3.28. The first kappa shape index (κ1) is 20.6. The van der Waals surface area contributed by atoms with Crippen LogP contribution in [0.2, 0.25) is 0 Å². The van der Waals surface area contributed by atoms with Crippen molar-refractivity contribution in [1.29, 1.82) is 0 Å². The zero-order chi connectivity index (χ0) is 20.8. The molecule has 0 aliphatic carbocycles. The molecule has 1 aromatic heterocycles. The van der Waals surface area contributed by atoms with E-state index in [-0.39, 0.29) is 6.61 Å². The lowest BCUT2D eigenvalue weighted by atomic mass is 9.87. The maximum absolute atomic E-state index is 11.1. The zero-order valence-corrected chi connectivity index (χ0v) is 17.0. The molecule has 2 N–H and O–H groups in total. The van der Waals surface area contributed by atoms with Crippen molar-refractivity contribution in [3.05, 3.63) is 72.0 Å². The molecule has 158 valence electrons. The van der Waals surface area contributed by atoms with Crippen LogP contribution in [0.4, 0.5) is 0 Å². The van der Waals surface area contributed by atoms with E-state index in [1.165, 1.54) is 5.56 Å². The van der Waals surface area contributed by atoms with E-state index in [1.54, 1.807) is 0 Å². The molecule has 4 rings (SSSR count). The van der Waals surface area contributed by atoms with E-state index in [0.717, 1.165) is 42.4 Å². The van der Waals surface area contributed by atoms with Gasteiger partial charge in [0.25, 0.3) is 0 Å². The first-order valence-electron chi connectivity index (χ1n) is 10.4. The van der Waals surface area contributed by atoms with Gasteiger partial charge in [-0.2, -0.15) is 0 Å². The van der Waals surface area contributed by atoms with E-state index in [9.17, 15) is 5.11 Å². The summed E-state index contributed by atoms with van der Waals surface area (Å²) < 4.78 is 10.9. The van der Waals surface area contributed by atoms with E-state index < -0.39 is 5.60 Å². The summed E-state index contributed by atoms with van der Waals surface area (Å²) in [4.78, 5) is 2.36. The first-order valence-corrected chi connectivity index (χ1v) is 10.4. The van der Waals surface area contributed by atoms with Gasteiger partial charge in [0, 0.05) is 37.7 Å². The van der Waals surface area contributed by atoms with Crippen LogP contribution in [-0.2, 0) is 13.0 Å². The number of ether oxygens (including phenoxy) is 1. The molecule has 6 nitrogen and oxygen atoms in total. The lowest BCUT2D eigenvalue weighted by Crippen LogP contribution is -2.45. The van der Waals surface area contributed by atoms with E-state index in [0.29, 0.717) is 25.9 Å². The van der Waals surface area contributed by atoms with Gasteiger partial charge in [0.1, 0.15) is 23.8 Å². The monoisotopic (exact) mass is 408 g/mol. The minimum absolute atomic E-state index is 0.0140. The Morgan fingerprint density at radius 1 is 1.03 bits per heavy atom.